The highest BCUT2D eigenvalue weighted by Crippen LogP contribution is 2.53. The van der Waals surface area contributed by atoms with E-state index in [1.807, 2.05) is 69.3 Å². The minimum absolute atomic E-state index is 0.0582. The SMILES string of the molecule is Cc1cccc(C(=O)Oc2ccccc2[C@H]2C[C@]3(C)CC(=O)N[C@H]3N2C(=O)c2cccc(C)c2)c1. The zero-order chi connectivity index (χ0) is 24.7. The zero-order valence-electron chi connectivity index (χ0n) is 20.1. The van der Waals surface area contributed by atoms with Gasteiger partial charge in [0.2, 0.25) is 5.91 Å². The first kappa shape index (κ1) is 22.8. The lowest BCUT2D eigenvalue weighted by Gasteiger charge is -2.32. The average molecular weight is 469 g/mol. The molecular weight excluding hydrogens is 440 g/mol. The van der Waals surface area contributed by atoms with Crippen molar-refractivity contribution in [1.82, 2.24) is 10.2 Å². The predicted molar refractivity (Wildman–Crippen MR) is 132 cm³/mol. The molecule has 0 saturated carbocycles. The van der Waals surface area contributed by atoms with Crippen LogP contribution in [0.3, 0.4) is 0 Å². The van der Waals surface area contributed by atoms with Crippen LogP contribution in [0.2, 0.25) is 0 Å². The van der Waals surface area contributed by atoms with Gasteiger partial charge in [0.05, 0.1) is 11.6 Å². The van der Waals surface area contributed by atoms with Crippen molar-refractivity contribution in [3.63, 3.8) is 0 Å². The molecule has 1 N–H and O–H groups in total. The van der Waals surface area contributed by atoms with E-state index in [2.05, 4.69) is 5.32 Å². The van der Waals surface area contributed by atoms with E-state index >= 15 is 0 Å². The molecule has 0 unspecified atom stereocenters. The van der Waals surface area contributed by atoms with Crippen LogP contribution in [0.4, 0.5) is 0 Å². The van der Waals surface area contributed by atoms with Gasteiger partial charge in [-0.2, -0.15) is 0 Å². The van der Waals surface area contributed by atoms with Gasteiger partial charge in [0.25, 0.3) is 5.91 Å². The van der Waals surface area contributed by atoms with Gasteiger partial charge in [-0.1, -0.05) is 60.5 Å². The lowest BCUT2D eigenvalue weighted by atomic mass is 9.83. The van der Waals surface area contributed by atoms with E-state index in [1.165, 1.54) is 0 Å². The number of nitrogens with zero attached hydrogens (tertiary/aromatic N) is 1. The Hall–Kier alpha value is -3.93. The number of hydrogen-bond acceptors (Lipinski definition) is 4. The maximum absolute atomic E-state index is 13.8. The Bertz CT molecular complexity index is 1330. The van der Waals surface area contributed by atoms with Crippen molar-refractivity contribution in [2.45, 2.75) is 45.8 Å². The van der Waals surface area contributed by atoms with Crippen molar-refractivity contribution in [3.05, 3.63) is 101 Å². The van der Waals surface area contributed by atoms with Crippen molar-refractivity contribution >= 4 is 17.8 Å². The molecule has 2 aliphatic heterocycles. The molecule has 6 heteroatoms. The van der Waals surface area contributed by atoms with Crippen molar-refractivity contribution in [2.75, 3.05) is 0 Å². The highest BCUT2D eigenvalue weighted by atomic mass is 16.5. The first-order valence-electron chi connectivity index (χ1n) is 11.8. The normalized spacial score (nSPS) is 23.1. The Kier molecular flexibility index (Phi) is 5.67. The summed E-state index contributed by atoms with van der Waals surface area (Å²) in [7, 11) is 0. The number of amides is 2. The number of nitrogens with one attached hydrogen (secondary N) is 1. The Labute approximate surface area is 204 Å². The van der Waals surface area contributed by atoms with E-state index in [1.54, 1.807) is 29.2 Å². The van der Waals surface area contributed by atoms with Crippen molar-refractivity contribution in [3.8, 4) is 5.75 Å². The van der Waals surface area contributed by atoms with Crippen molar-refractivity contribution in [1.29, 1.82) is 0 Å². The molecule has 0 radical (unpaired) electrons. The number of likely N-dealkylation sites (tertiary alicyclic amines) is 1. The molecule has 2 saturated heterocycles. The van der Waals surface area contributed by atoms with E-state index in [0.717, 1.165) is 16.7 Å². The number of rotatable bonds is 4. The topological polar surface area (TPSA) is 75.7 Å². The number of aryl methyl sites for hydroxylation is 2. The van der Waals surface area contributed by atoms with Crippen LogP contribution < -0.4 is 10.1 Å². The number of para-hydroxylation sites is 1. The molecule has 3 atom stereocenters. The van der Waals surface area contributed by atoms with Crippen LogP contribution in [0.15, 0.2) is 72.8 Å². The van der Waals surface area contributed by atoms with E-state index in [4.69, 9.17) is 4.74 Å². The minimum Gasteiger partial charge on any atom is -0.423 e. The first-order chi connectivity index (χ1) is 16.7. The molecule has 0 spiro atoms. The second-order valence-electron chi connectivity index (χ2n) is 9.90. The summed E-state index contributed by atoms with van der Waals surface area (Å²) in [5.41, 5.74) is 3.31. The molecule has 35 heavy (non-hydrogen) atoms. The summed E-state index contributed by atoms with van der Waals surface area (Å²) < 4.78 is 5.86. The quantitative estimate of drug-likeness (QED) is 0.434. The maximum atomic E-state index is 13.8. The van der Waals surface area contributed by atoms with Crippen LogP contribution in [0, 0.1) is 19.3 Å². The Morgan fingerprint density at radius 3 is 2.31 bits per heavy atom. The molecule has 2 aliphatic rings. The molecule has 6 nitrogen and oxygen atoms in total. The third-order valence-corrected chi connectivity index (χ3v) is 7.03. The average Bonchev–Trinajstić information content (AvgIpc) is 3.27. The van der Waals surface area contributed by atoms with Crippen molar-refractivity contribution < 1.29 is 19.1 Å². The second kappa shape index (κ2) is 8.69. The number of esters is 1. The van der Waals surface area contributed by atoms with Gasteiger partial charge < -0.3 is 15.0 Å². The first-order valence-corrected chi connectivity index (χ1v) is 11.8. The zero-order valence-corrected chi connectivity index (χ0v) is 20.1. The predicted octanol–water partition coefficient (Wildman–Crippen LogP) is 4.96. The number of carbonyl (C=O) groups excluding carboxylic acids is 3. The lowest BCUT2D eigenvalue weighted by Crippen LogP contribution is -2.47. The summed E-state index contributed by atoms with van der Waals surface area (Å²) in [5.74, 6) is -0.247. The lowest BCUT2D eigenvalue weighted by molar-refractivity contribution is -0.120. The Morgan fingerprint density at radius 2 is 1.60 bits per heavy atom. The summed E-state index contributed by atoms with van der Waals surface area (Å²) >= 11 is 0. The van der Waals surface area contributed by atoms with Crippen LogP contribution >= 0.6 is 0 Å². The van der Waals surface area contributed by atoms with Gasteiger partial charge in [0.15, 0.2) is 0 Å². The largest absolute Gasteiger partial charge is 0.423 e. The van der Waals surface area contributed by atoms with E-state index < -0.39 is 17.6 Å². The highest BCUT2D eigenvalue weighted by molar-refractivity contribution is 5.96. The van der Waals surface area contributed by atoms with Crippen molar-refractivity contribution in [2.24, 2.45) is 5.41 Å². The number of fused-ring (bicyclic) bond motifs is 1. The standard InChI is InChI=1S/C29H28N2O4/c1-18-8-6-10-20(14-18)26(33)31-23(16-29(3)17-25(32)30-28(29)31)22-12-4-5-13-24(22)35-27(34)21-11-7-9-19(2)15-21/h4-15,23,28H,16-17H2,1-3H3,(H,30,32)/t23-,28+,29-/m1/s1. The molecule has 0 aromatic heterocycles. The third kappa shape index (κ3) is 4.20. The van der Waals surface area contributed by atoms with Crippen LogP contribution in [-0.4, -0.2) is 28.8 Å². The van der Waals surface area contributed by atoms with Gasteiger partial charge in [0, 0.05) is 23.0 Å². The van der Waals surface area contributed by atoms with E-state index in [0.29, 0.717) is 29.7 Å². The monoisotopic (exact) mass is 468 g/mol. The van der Waals surface area contributed by atoms with Gasteiger partial charge in [-0.25, -0.2) is 4.79 Å². The second-order valence-corrected chi connectivity index (χ2v) is 9.90. The fraction of sp³-hybridized carbons (Fsp3) is 0.276. The highest BCUT2D eigenvalue weighted by Gasteiger charge is 2.57. The Balaban J connectivity index is 1.53. The van der Waals surface area contributed by atoms with Gasteiger partial charge in [-0.15, -0.1) is 0 Å². The molecular formula is C29H28N2O4. The number of carbonyl (C=O) groups is 3. The van der Waals surface area contributed by atoms with Gasteiger partial charge in [-0.3, -0.25) is 9.59 Å². The van der Waals surface area contributed by atoms with Crippen LogP contribution in [0.5, 0.6) is 5.75 Å². The fourth-order valence-corrected chi connectivity index (χ4v) is 5.38. The van der Waals surface area contributed by atoms with Gasteiger partial charge in [0.1, 0.15) is 11.9 Å². The number of ether oxygens (including phenoxy) is 1. The molecule has 0 aliphatic carbocycles. The fourth-order valence-electron chi connectivity index (χ4n) is 5.38. The number of benzene rings is 3. The van der Waals surface area contributed by atoms with E-state index in [-0.39, 0.29) is 17.9 Å². The summed E-state index contributed by atoms with van der Waals surface area (Å²) in [4.78, 5) is 40.9. The minimum atomic E-state index is -0.449. The molecule has 2 heterocycles. The molecule has 2 fully saturated rings. The molecule has 2 amide bonds. The molecule has 178 valence electrons. The third-order valence-electron chi connectivity index (χ3n) is 7.03. The van der Waals surface area contributed by atoms with Crippen LogP contribution in [0.1, 0.15) is 63.2 Å². The molecule has 3 aromatic carbocycles. The van der Waals surface area contributed by atoms with Crippen LogP contribution in [-0.2, 0) is 4.79 Å². The summed E-state index contributed by atoms with van der Waals surface area (Å²) in [6, 6.07) is 21.7. The van der Waals surface area contributed by atoms with Gasteiger partial charge in [-0.05, 0) is 50.6 Å². The summed E-state index contributed by atoms with van der Waals surface area (Å²) in [6.07, 6.45) is 0.484. The maximum Gasteiger partial charge on any atom is 0.343 e. The Morgan fingerprint density at radius 1 is 0.943 bits per heavy atom. The van der Waals surface area contributed by atoms with Crippen LogP contribution in [0.25, 0.3) is 0 Å². The molecule has 5 rings (SSSR count). The summed E-state index contributed by atoms with van der Waals surface area (Å²) in [6.45, 7) is 5.90. The van der Waals surface area contributed by atoms with Gasteiger partial charge >= 0.3 is 5.97 Å². The van der Waals surface area contributed by atoms with E-state index in [9.17, 15) is 14.4 Å². The summed E-state index contributed by atoms with van der Waals surface area (Å²) in [5, 5.41) is 3.02. The molecule has 0 bridgehead atoms. The smallest absolute Gasteiger partial charge is 0.343 e. The number of hydrogen-bond donors (Lipinski definition) is 1. The molecule has 3 aromatic rings.